The molecule has 0 spiro atoms. The van der Waals surface area contributed by atoms with Gasteiger partial charge in [0, 0.05) is 17.5 Å². The van der Waals surface area contributed by atoms with E-state index < -0.39 is 0 Å². The smallest absolute Gasteiger partial charge is 0.150 e. The normalized spacial score (nSPS) is 10.8. The maximum atomic E-state index is 10.6. The van der Waals surface area contributed by atoms with Crippen molar-refractivity contribution in [3.05, 3.63) is 29.6 Å². The van der Waals surface area contributed by atoms with Gasteiger partial charge in [-0.05, 0) is 52.0 Å². The van der Waals surface area contributed by atoms with E-state index in [4.69, 9.17) is 0 Å². The third kappa shape index (κ3) is 6.17. The molecule has 0 atom stereocenters. The van der Waals surface area contributed by atoms with Crippen LogP contribution >= 0.6 is 0 Å². The summed E-state index contributed by atoms with van der Waals surface area (Å²) in [6, 6.07) is 3.63. The molecule has 3 heteroatoms. The quantitative estimate of drug-likeness (QED) is 0.512. The first-order valence-corrected chi connectivity index (χ1v) is 6.27. The molecule has 94 valence electrons. The number of carbonyl (C=O) groups is 1. The summed E-state index contributed by atoms with van der Waals surface area (Å²) >= 11 is 0. The topological polar surface area (TPSA) is 33.2 Å². The van der Waals surface area contributed by atoms with Crippen LogP contribution in [0.2, 0.25) is 0 Å². The minimum atomic E-state index is 0.725. The molecule has 0 aromatic carbocycles. The highest BCUT2D eigenvalue weighted by Crippen LogP contribution is 2.07. The van der Waals surface area contributed by atoms with Crippen molar-refractivity contribution in [1.82, 2.24) is 9.88 Å². The predicted molar refractivity (Wildman–Crippen MR) is 70.4 cm³/mol. The first-order valence-electron chi connectivity index (χ1n) is 6.27. The monoisotopic (exact) mass is 234 g/mol. The summed E-state index contributed by atoms with van der Waals surface area (Å²) in [7, 11) is 4.21. The van der Waals surface area contributed by atoms with E-state index in [1.54, 1.807) is 12.3 Å². The van der Waals surface area contributed by atoms with Gasteiger partial charge in [-0.1, -0.05) is 12.8 Å². The Morgan fingerprint density at radius 3 is 2.71 bits per heavy atom. The molecule has 0 aliphatic heterocycles. The number of rotatable bonds is 8. The number of aromatic nitrogens is 1. The zero-order chi connectivity index (χ0) is 12.5. The van der Waals surface area contributed by atoms with E-state index in [0.717, 1.165) is 30.4 Å². The number of carbonyl (C=O) groups excluding carboxylic acids is 1. The Labute approximate surface area is 104 Å². The molecule has 3 nitrogen and oxygen atoms in total. The lowest BCUT2D eigenvalue weighted by molar-refractivity contribution is 0.112. The van der Waals surface area contributed by atoms with E-state index in [1.165, 1.54) is 25.8 Å². The minimum absolute atomic E-state index is 0.725. The van der Waals surface area contributed by atoms with Crippen LogP contribution in [-0.4, -0.2) is 36.8 Å². The lowest BCUT2D eigenvalue weighted by atomic mass is 10.1. The molecule has 0 unspecified atom stereocenters. The first-order chi connectivity index (χ1) is 8.22. The molecule has 1 aromatic heterocycles. The van der Waals surface area contributed by atoms with Gasteiger partial charge < -0.3 is 4.90 Å². The maximum absolute atomic E-state index is 10.6. The second kappa shape index (κ2) is 7.96. The van der Waals surface area contributed by atoms with E-state index in [9.17, 15) is 4.79 Å². The molecule has 0 saturated carbocycles. The number of hydrogen-bond acceptors (Lipinski definition) is 3. The predicted octanol–water partition coefficient (Wildman–Crippen LogP) is 2.56. The number of nitrogens with zero attached hydrogens (tertiary/aromatic N) is 2. The summed E-state index contributed by atoms with van der Waals surface area (Å²) in [4.78, 5) is 17.1. The number of aryl methyl sites for hydroxylation is 1. The van der Waals surface area contributed by atoms with Crippen LogP contribution in [0.4, 0.5) is 0 Å². The molecular formula is C14H22N2O. The highest BCUT2D eigenvalue weighted by atomic mass is 16.1. The van der Waals surface area contributed by atoms with Crippen molar-refractivity contribution < 1.29 is 4.79 Å². The Bertz CT molecular complexity index is 337. The molecule has 17 heavy (non-hydrogen) atoms. The Kier molecular flexibility index (Phi) is 6.48. The molecule has 0 N–H and O–H groups in total. The third-order valence-electron chi connectivity index (χ3n) is 2.76. The average Bonchev–Trinajstić information content (AvgIpc) is 2.33. The molecule has 0 aliphatic carbocycles. The molecule has 0 aliphatic rings. The van der Waals surface area contributed by atoms with Gasteiger partial charge in [0.2, 0.25) is 0 Å². The van der Waals surface area contributed by atoms with Gasteiger partial charge in [0.1, 0.15) is 6.29 Å². The summed E-state index contributed by atoms with van der Waals surface area (Å²) in [5.41, 5.74) is 1.75. The fourth-order valence-electron chi connectivity index (χ4n) is 1.79. The number of hydrogen-bond donors (Lipinski definition) is 0. The Morgan fingerprint density at radius 2 is 2.00 bits per heavy atom. The molecule has 0 radical (unpaired) electrons. The maximum Gasteiger partial charge on any atom is 0.150 e. The molecule has 0 fully saturated rings. The van der Waals surface area contributed by atoms with Crippen LogP contribution in [0.15, 0.2) is 18.3 Å². The van der Waals surface area contributed by atoms with Crippen LogP contribution in [0.1, 0.15) is 41.7 Å². The molecule has 0 amide bonds. The van der Waals surface area contributed by atoms with E-state index >= 15 is 0 Å². The summed E-state index contributed by atoms with van der Waals surface area (Å²) in [5, 5.41) is 0. The van der Waals surface area contributed by atoms with Crippen molar-refractivity contribution in [2.24, 2.45) is 0 Å². The molecule has 0 saturated heterocycles. The molecule has 1 aromatic rings. The van der Waals surface area contributed by atoms with Crippen LogP contribution in [-0.2, 0) is 6.42 Å². The lowest BCUT2D eigenvalue weighted by Gasteiger charge is -2.08. The minimum Gasteiger partial charge on any atom is -0.309 e. The average molecular weight is 234 g/mol. The van der Waals surface area contributed by atoms with Gasteiger partial charge in [0.05, 0.1) is 0 Å². The molecular weight excluding hydrogens is 212 g/mol. The second-order valence-electron chi connectivity index (χ2n) is 4.67. The van der Waals surface area contributed by atoms with Crippen molar-refractivity contribution in [2.45, 2.75) is 32.1 Å². The van der Waals surface area contributed by atoms with Crippen LogP contribution in [0, 0.1) is 0 Å². The number of aldehydes is 1. The van der Waals surface area contributed by atoms with E-state index in [1.807, 2.05) is 6.07 Å². The van der Waals surface area contributed by atoms with Crippen molar-refractivity contribution >= 4 is 6.29 Å². The van der Waals surface area contributed by atoms with Crippen LogP contribution in [0.5, 0.6) is 0 Å². The molecule has 1 heterocycles. The van der Waals surface area contributed by atoms with Crippen molar-refractivity contribution in [1.29, 1.82) is 0 Å². The highest BCUT2D eigenvalue weighted by Gasteiger charge is 1.97. The van der Waals surface area contributed by atoms with E-state index in [0.29, 0.717) is 0 Å². The second-order valence-corrected chi connectivity index (χ2v) is 4.67. The zero-order valence-electron chi connectivity index (χ0n) is 10.9. The molecule has 1 rings (SSSR count). The molecule has 0 bridgehead atoms. The Hall–Kier alpha value is -1.22. The summed E-state index contributed by atoms with van der Waals surface area (Å²) in [6.45, 7) is 1.17. The fourth-order valence-corrected chi connectivity index (χ4v) is 1.79. The standard InChI is InChI=1S/C14H22N2O/c1-16(2)10-6-4-3-5-7-14-11-13(12-17)8-9-15-14/h8-9,11-12H,3-7,10H2,1-2H3. The van der Waals surface area contributed by atoms with Crippen LogP contribution < -0.4 is 0 Å². The number of unbranched alkanes of at least 4 members (excludes halogenated alkanes) is 3. The third-order valence-corrected chi connectivity index (χ3v) is 2.76. The van der Waals surface area contributed by atoms with Gasteiger partial charge in [-0.15, -0.1) is 0 Å². The summed E-state index contributed by atoms with van der Waals surface area (Å²) in [6.07, 6.45) is 8.49. The SMILES string of the molecule is CN(C)CCCCCCc1cc(C=O)ccn1. The lowest BCUT2D eigenvalue weighted by Crippen LogP contribution is -2.12. The van der Waals surface area contributed by atoms with E-state index in [2.05, 4.69) is 24.0 Å². The Morgan fingerprint density at radius 1 is 1.24 bits per heavy atom. The van der Waals surface area contributed by atoms with Crippen molar-refractivity contribution in [2.75, 3.05) is 20.6 Å². The van der Waals surface area contributed by atoms with Crippen LogP contribution in [0.3, 0.4) is 0 Å². The van der Waals surface area contributed by atoms with Gasteiger partial charge >= 0.3 is 0 Å². The zero-order valence-corrected chi connectivity index (χ0v) is 10.9. The van der Waals surface area contributed by atoms with Gasteiger partial charge in [-0.3, -0.25) is 9.78 Å². The van der Waals surface area contributed by atoms with Gasteiger partial charge in [0.25, 0.3) is 0 Å². The van der Waals surface area contributed by atoms with Crippen LogP contribution in [0.25, 0.3) is 0 Å². The van der Waals surface area contributed by atoms with Crippen molar-refractivity contribution in [3.63, 3.8) is 0 Å². The fraction of sp³-hybridized carbons (Fsp3) is 0.571. The largest absolute Gasteiger partial charge is 0.309 e. The highest BCUT2D eigenvalue weighted by molar-refractivity contribution is 5.74. The van der Waals surface area contributed by atoms with Gasteiger partial charge in [-0.2, -0.15) is 0 Å². The Balaban J connectivity index is 2.15. The number of pyridine rings is 1. The van der Waals surface area contributed by atoms with Gasteiger partial charge in [-0.25, -0.2) is 0 Å². The van der Waals surface area contributed by atoms with Crippen molar-refractivity contribution in [3.8, 4) is 0 Å². The first kappa shape index (κ1) is 13.8. The summed E-state index contributed by atoms with van der Waals surface area (Å²) < 4.78 is 0. The van der Waals surface area contributed by atoms with E-state index in [-0.39, 0.29) is 0 Å². The summed E-state index contributed by atoms with van der Waals surface area (Å²) in [5.74, 6) is 0. The van der Waals surface area contributed by atoms with Gasteiger partial charge in [0.15, 0.2) is 0 Å².